The molecule has 0 aliphatic rings. The molecule has 0 aliphatic heterocycles. The Labute approximate surface area is 122 Å². The van der Waals surface area contributed by atoms with Crippen LogP contribution in [-0.4, -0.2) is 22.2 Å². The third kappa shape index (κ3) is 2.51. The van der Waals surface area contributed by atoms with E-state index in [-0.39, 0.29) is 5.57 Å². The third-order valence-electron chi connectivity index (χ3n) is 3.15. The van der Waals surface area contributed by atoms with Gasteiger partial charge in [-0.3, -0.25) is 0 Å². The van der Waals surface area contributed by atoms with Gasteiger partial charge < -0.3 is 14.4 Å². The van der Waals surface area contributed by atoms with Crippen molar-refractivity contribution in [1.29, 1.82) is 0 Å². The molecule has 0 bridgehead atoms. The molecule has 4 nitrogen and oxygen atoms in total. The summed E-state index contributed by atoms with van der Waals surface area (Å²) < 4.78 is 7.31. The highest BCUT2D eigenvalue weighted by Gasteiger charge is 2.14. The normalized spacial score (nSPS) is 11.9. The molecule has 106 valence electrons. The van der Waals surface area contributed by atoms with Crippen LogP contribution in [0.3, 0.4) is 0 Å². The van der Waals surface area contributed by atoms with Gasteiger partial charge in [-0.25, -0.2) is 4.79 Å². The summed E-state index contributed by atoms with van der Waals surface area (Å²) in [6.07, 6.45) is 1.59. The van der Waals surface area contributed by atoms with Crippen LogP contribution in [0.1, 0.15) is 19.4 Å². The summed E-state index contributed by atoms with van der Waals surface area (Å²) in [5.41, 5.74) is 1.87. The summed E-state index contributed by atoms with van der Waals surface area (Å²) >= 11 is 6.30. The number of nitrogens with zero attached hydrogens (tertiary/aromatic N) is 1. The summed E-state index contributed by atoms with van der Waals surface area (Å²) in [6, 6.07) is 5.67. The van der Waals surface area contributed by atoms with Crippen molar-refractivity contribution in [3.8, 4) is 5.75 Å². The number of hydrogen-bond acceptors (Lipinski definition) is 2. The number of aromatic nitrogens is 1. The zero-order valence-electron chi connectivity index (χ0n) is 11.6. The zero-order chi connectivity index (χ0) is 14.9. The van der Waals surface area contributed by atoms with E-state index in [0.717, 1.165) is 16.7 Å². The summed E-state index contributed by atoms with van der Waals surface area (Å²) in [6.45, 7) is 4.03. The van der Waals surface area contributed by atoms with E-state index < -0.39 is 5.97 Å². The number of carboxylic acid groups (broad SMARTS) is 1. The standard InChI is InChI=1S/C15H16ClNO3/c1-4-20-10-5-6-13-11(8-10)12(14(16)17(13)3)7-9(2)15(18)19/h5-8H,4H2,1-3H3,(H,18,19)/b9-7+. The van der Waals surface area contributed by atoms with Crippen molar-refractivity contribution in [3.63, 3.8) is 0 Å². The lowest BCUT2D eigenvalue weighted by atomic mass is 10.1. The van der Waals surface area contributed by atoms with Crippen molar-refractivity contribution >= 4 is 34.5 Å². The number of rotatable bonds is 4. The maximum absolute atomic E-state index is 11.0. The first kappa shape index (κ1) is 14.5. The summed E-state index contributed by atoms with van der Waals surface area (Å²) in [5, 5.41) is 10.4. The van der Waals surface area contributed by atoms with Crippen LogP contribution >= 0.6 is 11.6 Å². The topological polar surface area (TPSA) is 51.5 Å². The lowest BCUT2D eigenvalue weighted by molar-refractivity contribution is -0.132. The van der Waals surface area contributed by atoms with E-state index in [1.165, 1.54) is 0 Å². The van der Waals surface area contributed by atoms with E-state index in [9.17, 15) is 4.79 Å². The number of fused-ring (bicyclic) bond motifs is 1. The fourth-order valence-electron chi connectivity index (χ4n) is 2.09. The first-order chi connectivity index (χ1) is 9.45. The second kappa shape index (κ2) is 5.59. The van der Waals surface area contributed by atoms with E-state index in [1.807, 2.05) is 36.7 Å². The first-order valence-corrected chi connectivity index (χ1v) is 6.65. The maximum Gasteiger partial charge on any atom is 0.331 e. The van der Waals surface area contributed by atoms with Crippen LogP contribution in [0.25, 0.3) is 17.0 Å². The highest BCUT2D eigenvalue weighted by atomic mass is 35.5. The second-order valence-corrected chi connectivity index (χ2v) is 4.87. The van der Waals surface area contributed by atoms with Crippen molar-refractivity contribution in [2.45, 2.75) is 13.8 Å². The minimum absolute atomic E-state index is 0.237. The molecule has 1 N–H and O–H groups in total. The average molecular weight is 294 g/mol. The summed E-state index contributed by atoms with van der Waals surface area (Å²) in [7, 11) is 1.85. The van der Waals surface area contributed by atoms with Gasteiger partial charge >= 0.3 is 5.97 Å². The molecule has 0 radical (unpaired) electrons. The first-order valence-electron chi connectivity index (χ1n) is 6.28. The number of aliphatic carboxylic acids is 1. The minimum Gasteiger partial charge on any atom is -0.494 e. The molecule has 0 spiro atoms. The van der Waals surface area contributed by atoms with Gasteiger partial charge in [0.2, 0.25) is 0 Å². The number of hydrogen-bond donors (Lipinski definition) is 1. The number of halogens is 1. The average Bonchev–Trinajstić information content (AvgIpc) is 2.64. The fraction of sp³-hybridized carbons (Fsp3) is 0.267. The number of benzene rings is 1. The van der Waals surface area contributed by atoms with Gasteiger partial charge in [-0.1, -0.05) is 11.6 Å². The van der Waals surface area contributed by atoms with Crippen molar-refractivity contribution in [1.82, 2.24) is 4.57 Å². The SMILES string of the molecule is CCOc1ccc2c(c1)c(/C=C(\C)C(=O)O)c(Cl)n2C. The molecule has 1 heterocycles. The van der Waals surface area contributed by atoms with Crippen LogP contribution in [0, 0.1) is 0 Å². The summed E-state index contributed by atoms with van der Waals surface area (Å²) in [5.74, 6) is -0.219. The van der Waals surface area contributed by atoms with Gasteiger partial charge in [0.15, 0.2) is 0 Å². The van der Waals surface area contributed by atoms with Crippen molar-refractivity contribution in [2.24, 2.45) is 7.05 Å². The quantitative estimate of drug-likeness (QED) is 0.874. The van der Waals surface area contributed by atoms with Crippen LogP contribution in [0.5, 0.6) is 5.75 Å². The molecule has 0 saturated heterocycles. The van der Waals surface area contributed by atoms with Crippen molar-refractivity contribution in [2.75, 3.05) is 6.61 Å². The summed E-state index contributed by atoms with van der Waals surface area (Å²) in [4.78, 5) is 11.0. The van der Waals surface area contributed by atoms with Gasteiger partial charge in [0.1, 0.15) is 10.9 Å². The fourth-order valence-corrected chi connectivity index (χ4v) is 2.34. The van der Waals surface area contributed by atoms with Gasteiger partial charge in [-0.05, 0) is 38.1 Å². The smallest absolute Gasteiger partial charge is 0.331 e. The monoisotopic (exact) mass is 293 g/mol. The van der Waals surface area contributed by atoms with Gasteiger partial charge in [0, 0.05) is 29.1 Å². The molecule has 1 aromatic carbocycles. The van der Waals surface area contributed by atoms with E-state index in [1.54, 1.807) is 13.0 Å². The van der Waals surface area contributed by atoms with Crippen LogP contribution < -0.4 is 4.74 Å². The largest absolute Gasteiger partial charge is 0.494 e. The third-order valence-corrected chi connectivity index (χ3v) is 3.60. The maximum atomic E-state index is 11.0. The van der Waals surface area contributed by atoms with Gasteiger partial charge in [-0.15, -0.1) is 0 Å². The predicted molar refractivity (Wildman–Crippen MR) is 80.4 cm³/mol. The molecule has 2 rings (SSSR count). The Kier molecular flexibility index (Phi) is 4.04. The van der Waals surface area contributed by atoms with Crippen LogP contribution in [0.15, 0.2) is 23.8 Å². The second-order valence-electron chi connectivity index (χ2n) is 4.51. The Bertz CT molecular complexity index is 701. The van der Waals surface area contributed by atoms with Crippen LogP contribution in [-0.2, 0) is 11.8 Å². The molecule has 2 aromatic rings. The highest BCUT2D eigenvalue weighted by Crippen LogP contribution is 2.33. The molecule has 0 amide bonds. The van der Waals surface area contributed by atoms with Gasteiger partial charge in [-0.2, -0.15) is 0 Å². The Balaban J connectivity index is 2.68. The molecule has 0 unspecified atom stereocenters. The van der Waals surface area contributed by atoms with Gasteiger partial charge in [0.05, 0.1) is 6.61 Å². The predicted octanol–water partition coefficient (Wildman–Crippen LogP) is 3.72. The molecule has 20 heavy (non-hydrogen) atoms. The highest BCUT2D eigenvalue weighted by molar-refractivity contribution is 6.33. The minimum atomic E-state index is -0.959. The van der Waals surface area contributed by atoms with Crippen LogP contribution in [0.2, 0.25) is 5.15 Å². The number of carbonyl (C=O) groups is 1. The van der Waals surface area contributed by atoms with Crippen molar-refractivity contribution in [3.05, 3.63) is 34.5 Å². The van der Waals surface area contributed by atoms with Crippen molar-refractivity contribution < 1.29 is 14.6 Å². The van der Waals surface area contributed by atoms with Gasteiger partial charge in [0.25, 0.3) is 0 Å². The van der Waals surface area contributed by atoms with E-state index in [2.05, 4.69) is 0 Å². The Hall–Kier alpha value is -1.94. The molecule has 0 atom stereocenters. The molecule has 1 aromatic heterocycles. The molecule has 0 aliphatic carbocycles. The molecular formula is C15H16ClNO3. The number of aryl methyl sites for hydroxylation is 1. The molecule has 0 fully saturated rings. The Morgan fingerprint density at radius 1 is 1.50 bits per heavy atom. The lowest BCUT2D eigenvalue weighted by Crippen LogP contribution is -1.95. The number of carboxylic acids is 1. The van der Waals surface area contributed by atoms with E-state index in [0.29, 0.717) is 17.3 Å². The zero-order valence-corrected chi connectivity index (χ0v) is 12.4. The molecule has 0 saturated carbocycles. The number of ether oxygens (including phenoxy) is 1. The van der Waals surface area contributed by atoms with E-state index >= 15 is 0 Å². The van der Waals surface area contributed by atoms with E-state index in [4.69, 9.17) is 21.4 Å². The van der Waals surface area contributed by atoms with Crippen LogP contribution in [0.4, 0.5) is 0 Å². The Morgan fingerprint density at radius 2 is 2.20 bits per heavy atom. The molecular weight excluding hydrogens is 278 g/mol. The Morgan fingerprint density at radius 3 is 2.80 bits per heavy atom. The molecule has 5 heteroatoms. The lowest BCUT2D eigenvalue weighted by Gasteiger charge is -2.03.